The molecular weight excluding hydrogens is 212 g/mol. The standard InChI is InChI=1S/C14H16OSi/c1-12(13-8-4-2-5-9-13)15-16-14-10-6-3-7-11-14/h2-12H,16H2,1H3. The minimum absolute atomic E-state index is 0.202. The van der Waals surface area contributed by atoms with Gasteiger partial charge < -0.3 is 4.43 Å². The highest BCUT2D eigenvalue weighted by atomic mass is 28.2. The van der Waals surface area contributed by atoms with Crippen molar-refractivity contribution in [1.82, 2.24) is 0 Å². The molecule has 0 aliphatic rings. The molecule has 2 rings (SSSR count). The number of hydrogen-bond donors (Lipinski definition) is 0. The molecule has 1 unspecified atom stereocenters. The van der Waals surface area contributed by atoms with Gasteiger partial charge in [0.2, 0.25) is 0 Å². The molecule has 1 nitrogen and oxygen atoms in total. The van der Waals surface area contributed by atoms with Crippen LogP contribution in [0.5, 0.6) is 0 Å². The molecule has 0 N–H and O–H groups in total. The highest BCUT2D eigenvalue weighted by Crippen LogP contribution is 2.14. The molecule has 2 aromatic rings. The first kappa shape index (κ1) is 11.1. The highest BCUT2D eigenvalue weighted by molar-refractivity contribution is 6.46. The maximum Gasteiger partial charge on any atom is 0.193 e. The Kier molecular flexibility index (Phi) is 3.91. The van der Waals surface area contributed by atoms with E-state index in [2.05, 4.69) is 55.5 Å². The fourth-order valence-electron chi connectivity index (χ4n) is 1.62. The van der Waals surface area contributed by atoms with Crippen LogP contribution in [0.3, 0.4) is 0 Å². The van der Waals surface area contributed by atoms with Crippen LogP contribution in [0.25, 0.3) is 0 Å². The number of hydrogen-bond acceptors (Lipinski definition) is 1. The Morgan fingerprint density at radius 2 is 1.44 bits per heavy atom. The maximum atomic E-state index is 5.95. The molecule has 0 heterocycles. The van der Waals surface area contributed by atoms with Crippen molar-refractivity contribution in [3.8, 4) is 0 Å². The molecule has 0 bridgehead atoms. The number of rotatable bonds is 4. The van der Waals surface area contributed by atoms with Crippen LogP contribution >= 0.6 is 0 Å². The predicted molar refractivity (Wildman–Crippen MR) is 70.6 cm³/mol. The molecule has 0 aliphatic carbocycles. The lowest BCUT2D eigenvalue weighted by Crippen LogP contribution is -2.18. The molecule has 0 fully saturated rings. The van der Waals surface area contributed by atoms with E-state index >= 15 is 0 Å². The zero-order chi connectivity index (χ0) is 11.2. The molecule has 0 saturated carbocycles. The molecular formula is C14H16OSi. The molecule has 0 aromatic heterocycles. The Labute approximate surface area is 99.0 Å². The van der Waals surface area contributed by atoms with Crippen molar-refractivity contribution in [1.29, 1.82) is 0 Å². The second kappa shape index (κ2) is 5.63. The highest BCUT2D eigenvalue weighted by Gasteiger charge is 2.04. The van der Waals surface area contributed by atoms with Crippen molar-refractivity contribution >= 4 is 14.9 Å². The van der Waals surface area contributed by atoms with Crippen LogP contribution < -0.4 is 5.19 Å². The Hall–Kier alpha value is -1.38. The van der Waals surface area contributed by atoms with Gasteiger partial charge in [-0.25, -0.2) is 0 Å². The summed E-state index contributed by atoms with van der Waals surface area (Å²) in [6.45, 7) is 2.12. The Balaban J connectivity index is 1.92. The lowest BCUT2D eigenvalue weighted by Gasteiger charge is -2.13. The molecule has 0 amide bonds. The summed E-state index contributed by atoms with van der Waals surface area (Å²) in [6, 6.07) is 20.8. The van der Waals surface area contributed by atoms with Crippen LogP contribution in [0, 0.1) is 0 Å². The van der Waals surface area contributed by atoms with Gasteiger partial charge in [0, 0.05) is 0 Å². The second-order valence-electron chi connectivity index (χ2n) is 3.85. The molecule has 0 saturated heterocycles. The van der Waals surface area contributed by atoms with Crippen molar-refractivity contribution < 1.29 is 4.43 Å². The molecule has 2 heteroatoms. The second-order valence-corrected chi connectivity index (χ2v) is 5.29. The molecule has 16 heavy (non-hydrogen) atoms. The van der Waals surface area contributed by atoms with E-state index in [1.807, 2.05) is 12.1 Å². The van der Waals surface area contributed by atoms with Gasteiger partial charge in [-0.1, -0.05) is 60.7 Å². The first-order chi connectivity index (χ1) is 7.86. The van der Waals surface area contributed by atoms with Gasteiger partial charge in [-0.3, -0.25) is 0 Å². The van der Waals surface area contributed by atoms with Crippen LogP contribution in [-0.4, -0.2) is 9.76 Å². The zero-order valence-corrected chi connectivity index (χ0v) is 10.9. The topological polar surface area (TPSA) is 9.23 Å². The Morgan fingerprint density at radius 1 is 0.875 bits per heavy atom. The smallest absolute Gasteiger partial charge is 0.193 e. The minimum Gasteiger partial charge on any atom is -0.412 e. The van der Waals surface area contributed by atoms with Gasteiger partial charge in [-0.15, -0.1) is 0 Å². The summed E-state index contributed by atoms with van der Waals surface area (Å²) < 4.78 is 5.95. The average molecular weight is 228 g/mol. The van der Waals surface area contributed by atoms with E-state index in [-0.39, 0.29) is 6.10 Å². The van der Waals surface area contributed by atoms with Crippen LogP contribution in [0.2, 0.25) is 0 Å². The fraction of sp³-hybridized carbons (Fsp3) is 0.143. The van der Waals surface area contributed by atoms with Gasteiger partial charge in [-0.2, -0.15) is 0 Å². The lowest BCUT2D eigenvalue weighted by atomic mass is 10.1. The van der Waals surface area contributed by atoms with Gasteiger partial charge in [0.1, 0.15) is 0 Å². The molecule has 1 atom stereocenters. The van der Waals surface area contributed by atoms with E-state index < -0.39 is 9.76 Å². The van der Waals surface area contributed by atoms with Crippen LogP contribution in [-0.2, 0) is 4.43 Å². The van der Waals surface area contributed by atoms with Crippen molar-refractivity contribution in [3.05, 3.63) is 66.2 Å². The van der Waals surface area contributed by atoms with E-state index in [1.165, 1.54) is 10.8 Å². The Morgan fingerprint density at radius 3 is 2.06 bits per heavy atom. The van der Waals surface area contributed by atoms with Crippen LogP contribution in [0.15, 0.2) is 60.7 Å². The largest absolute Gasteiger partial charge is 0.412 e. The summed E-state index contributed by atoms with van der Waals surface area (Å²) in [4.78, 5) is 0. The minimum atomic E-state index is -0.603. The summed E-state index contributed by atoms with van der Waals surface area (Å²) in [5.74, 6) is 0. The summed E-state index contributed by atoms with van der Waals surface area (Å²) in [5, 5.41) is 1.35. The summed E-state index contributed by atoms with van der Waals surface area (Å²) in [5.41, 5.74) is 1.26. The third-order valence-electron chi connectivity index (χ3n) is 2.61. The quantitative estimate of drug-likeness (QED) is 0.729. The lowest BCUT2D eigenvalue weighted by molar-refractivity contribution is 0.244. The molecule has 0 aliphatic heterocycles. The first-order valence-electron chi connectivity index (χ1n) is 5.57. The SMILES string of the molecule is CC(O[SiH2]c1ccccc1)c1ccccc1. The third kappa shape index (κ3) is 3.05. The van der Waals surface area contributed by atoms with Gasteiger partial charge in [0.25, 0.3) is 0 Å². The molecule has 0 radical (unpaired) electrons. The van der Waals surface area contributed by atoms with Crippen molar-refractivity contribution in [2.75, 3.05) is 0 Å². The average Bonchev–Trinajstić information content (AvgIpc) is 2.38. The predicted octanol–water partition coefficient (Wildman–Crippen LogP) is 2.17. The van der Waals surface area contributed by atoms with Gasteiger partial charge in [-0.05, 0) is 17.7 Å². The van der Waals surface area contributed by atoms with E-state index in [0.29, 0.717) is 0 Å². The monoisotopic (exact) mass is 228 g/mol. The van der Waals surface area contributed by atoms with Gasteiger partial charge in [0.05, 0.1) is 6.10 Å². The van der Waals surface area contributed by atoms with Crippen molar-refractivity contribution in [2.24, 2.45) is 0 Å². The van der Waals surface area contributed by atoms with Crippen LogP contribution in [0.1, 0.15) is 18.6 Å². The van der Waals surface area contributed by atoms with Crippen molar-refractivity contribution in [2.45, 2.75) is 13.0 Å². The normalized spacial score (nSPS) is 13.1. The summed E-state index contributed by atoms with van der Waals surface area (Å²) in [6.07, 6.45) is 0.202. The number of benzene rings is 2. The van der Waals surface area contributed by atoms with Crippen LogP contribution in [0.4, 0.5) is 0 Å². The molecule has 2 aromatic carbocycles. The summed E-state index contributed by atoms with van der Waals surface area (Å²) >= 11 is 0. The van der Waals surface area contributed by atoms with Gasteiger partial charge >= 0.3 is 0 Å². The first-order valence-corrected chi connectivity index (χ1v) is 6.85. The summed E-state index contributed by atoms with van der Waals surface area (Å²) in [7, 11) is -0.603. The third-order valence-corrected chi connectivity index (χ3v) is 4.08. The van der Waals surface area contributed by atoms with E-state index in [9.17, 15) is 0 Å². The fourth-order valence-corrected chi connectivity index (χ4v) is 2.72. The van der Waals surface area contributed by atoms with E-state index in [1.54, 1.807) is 0 Å². The van der Waals surface area contributed by atoms with Crippen molar-refractivity contribution in [3.63, 3.8) is 0 Å². The van der Waals surface area contributed by atoms with E-state index in [4.69, 9.17) is 4.43 Å². The van der Waals surface area contributed by atoms with Gasteiger partial charge in [0.15, 0.2) is 9.76 Å². The molecule has 82 valence electrons. The Bertz CT molecular complexity index is 413. The molecule has 0 spiro atoms. The van der Waals surface area contributed by atoms with E-state index in [0.717, 1.165) is 0 Å². The zero-order valence-electron chi connectivity index (χ0n) is 9.47. The maximum absolute atomic E-state index is 5.95.